The highest BCUT2D eigenvalue weighted by Gasteiger charge is 2.03. The van der Waals surface area contributed by atoms with Crippen molar-refractivity contribution in [2.45, 2.75) is 13.5 Å². The Hall–Kier alpha value is -1.42. The lowest BCUT2D eigenvalue weighted by Crippen LogP contribution is -2.38. The first-order valence-electron chi connectivity index (χ1n) is 6.41. The van der Waals surface area contributed by atoms with Crippen LogP contribution >= 0.6 is 24.0 Å². The molecule has 1 rings (SSSR count). The summed E-state index contributed by atoms with van der Waals surface area (Å²) in [6.07, 6.45) is 0. The molecule has 0 spiro atoms. The van der Waals surface area contributed by atoms with Crippen LogP contribution in [0.25, 0.3) is 0 Å². The molecule has 0 fully saturated rings. The van der Waals surface area contributed by atoms with Crippen LogP contribution in [-0.4, -0.2) is 37.7 Å². The van der Waals surface area contributed by atoms with E-state index in [0.717, 1.165) is 12.1 Å². The lowest BCUT2D eigenvalue weighted by molar-refractivity contribution is -0.384. The Morgan fingerprint density at radius 2 is 2.00 bits per heavy atom. The van der Waals surface area contributed by atoms with E-state index >= 15 is 0 Å². The highest BCUT2D eigenvalue weighted by atomic mass is 127. The molecule has 0 aliphatic heterocycles. The molecule has 0 saturated carbocycles. The molecular weight excluding hydrogens is 387 g/mol. The van der Waals surface area contributed by atoms with Gasteiger partial charge in [0, 0.05) is 32.3 Å². The molecule has 21 heavy (non-hydrogen) atoms. The molecule has 0 radical (unpaired) electrons. The number of hydrogen-bond donors (Lipinski definition) is 2. The van der Waals surface area contributed by atoms with Gasteiger partial charge in [-0.2, -0.15) is 0 Å². The summed E-state index contributed by atoms with van der Waals surface area (Å²) in [5.74, 6) is 0.697. The fraction of sp³-hybridized carbons (Fsp3) is 0.462. The number of hydrogen-bond acceptors (Lipinski definition) is 4. The molecule has 0 unspecified atom stereocenters. The maximum atomic E-state index is 10.6. The van der Waals surface area contributed by atoms with Gasteiger partial charge in [-0.15, -0.1) is 24.0 Å². The van der Waals surface area contributed by atoms with Gasteiger partial charge in [0.1, 0.15) is 0 Å². The molecule has 0 aliphatic rings. The molecule has 7 nitrogen and oxygen atoms in total. The largest absolute Gasteiger partial charge is 0.383 e. The van der Waals surface area contributed by atoms with E-state index in [-0.39, 0.29) is 29.7 Å². The van der Waals surface area contributed by atoms with E-state index < -0.39 is 4.92 Å². The lowest BCUT2D eigenvalue weighted by atomic mass is 10.2. The van der Waals surface area contributed by atoms with Gasteiger partial charge in [-0.3, -0.25) is 10.1 Å². The Labute approximate surface area is 141 Å². The summed E-state index contributed by atoms with van der Waals surface area (Å²) in [5.41, 5.74) is 1.00. The van der Waals surface area contributed by atoms with Crippen molar-refractivity contribution < 1.29 is 9.66 Å². The van der Waals surface area contributed by atoms with Crippen LogP contribution < -0.4 is 10.6 Å². The third kappa shape index (κ3) is 7.81. The van der Waals surface area contributed by atoms with E-state index in [2.05, 4.69) is 15.6 Å². The Morgan fingerprint density at radius 1 is 1.33 bits per heavy atom. The molecule has 1 aromatic rings. The number of benzene rings is 1. The average Bonchev–Trinajstić information content (AvgIpc) is 2.45. The molecule has 0 aromatic heterocycles. The van der Waals surface area contributed by atoms with Crippen molar-refractivity contribution in [3.8, 4) is 0 Å². The molecule has 0 saturated heterocycles. The topological polar surface area (TPSA) is 88.8 Å². The number of nitro benzene ring substituents is 1. The standard InChI is InChI=1S/C13H20N4O3.HI/c1-3-14-13(15-8-9-20-2)16-10-11-4-6-12(7-5-11)17(18)19;/h4-7H,3,8-10H2,1-2H3,(H2,14,15,16);1H. The van der Waals surface area contributed by atoms with Crippen LogP contribution in [0.1, 0.15) is 12.5 Å². The Kier molecular flexibility index (Phi) is 10.5. The summed E-state index contributed by atoms with van der Waals surface area (Å²) >= 11 is 0. The fourth-order valence-corrected chi connectivity index (χ4v) is 1.51. The second-order valence-electron chi connectivity index (χ2n) is 4.04. The smallest absolute Gasteiger partial charge is 0.269 e. The highest BCUT2D eigenvalue weighted by Crippen LogP contribution is 2.12. The van der Waals surface area contributed by atoms with Gasteiger partial charge < -0.3 is 15.4 Å². The van der Waals surface area contributed by atoms with Crippen molar-refractivity contribution in [1.29, 1.82) is 0 Å². The molecule has 118 valence electrons. The molecule has 1 aromatic carbocycles. The number of halogens is 1. The van der Waals surface area contributed by atoms with Crippen molar-refractivity contribution in [3.05, 3.63) is 39.9 Å². The predicted molar refractivity (Wildman–Crippen MR) is 93.2 cm³/mol. The monoisotopic (exact) mass is 408 g/mol. The van der Waals surface area contributed by atoms with E-state index in [1.165, 1.54) is 12.1 Å². The van der Waals surface area contributed by atoms with E-state index in [1.54, 1.807) is 19.2 Å². The number of nitrogens with one attached hydrogen (secondary N) is 2. The van der Waals surface area contributed by atoms with Crippen molar-refractivity contribution in [2.24, 2.45) is 4.99 Å². The summed E-state index contributed by atoms with van der Waals surface area (Å²) in [7, 11) is 1.64. The van der Waals surface area contributed by atoms with Gasteiger partial charge >= 0.3 is 0 Å². The Morgan fingerprint density at radius 3 is 2.52 bits per heavy atom. The fourth-order valence-electron chi connectivity index (χ4n) is 1.51. The first kappa shape index (κ1) is 19.6. The third-order valence-electron chi connectivity index (χ3n) is 2.51. The van der Waals surface area contributed by atoms with Crippen LogP contribution in [0.5, 0.6) is 0 Å². The molecule has 2 N–H and O–H groups in total. The van der Waals surface area contributed by atoms with Crippen LogP contribution in [0.2, 0.25) is 0 Å². The van der Waals surface area contributed by atoms with Gasteiger partial charge in [-0.05, 0) is 12.5 Å². The van der Waals surface area contributed by atoms with Crippen molar-refractivity contribution in [2.75, 3.05) is 26.8 Å². The lowest BCUT2D eigenvalue weighted by Gasteiger charge is -2.10. The Balaban J connectivity index is 0.00000400. The number of non-ortho nitro benzene ring substituents is 1. The zero-order chi connectivity index (χ0) is 14.8. The van der Waals surface area contributed by atoms with Crippen molar-refractivity contribution in [1.82, 2.24) is 10.6 Å². The number of nitrogens with zero attached hydrogens (tertiary/aromatic N) is 2. The van der Waals surface area contributed by atoms with Gasteiger partial charge in [0.2, 0.25) is 0 Å². The summed E-state index contributed by atoms with van der Waals surface area (Å²) in [5, 5.41) is 16.8. The molecule has 8 heteroatoms. The number of methoxy groups -OCH3 is 1. The highest BCUT2D eigenvalue weighted by molar-refractivity contribution is 14.0. The van der Waals surface area contributed by atoms with E-state index in [0.29, 0.717) is 25.7 Å². The number of guanidine groups is 1. The molecule has 0 atom stereocenters. The number of ether oxygens (including phenoxy) is 1. The Bertz CT molecular complexity index is 451. The summed E-state index contributed by atoms with van der Waals surface area (Å²) in [6, 6.07) is 6.38. The normalized spacial score (nSPS) is 10.7. The number of rotatable bonds is 7. The van der Waals surface area contributed by atoms with Gasteiger partial charge in [-0.25, -0.2) is 4.99 Å². The summed E-state index contributed by atoms with van der Waals surface area (Å²) < 4.78 is 4.96. The maximum Gasteiger partial charge on any atom is 0.269 e. The van der Waals surface area contributed by atoms with Gasteiger partial charge in [-0.1, -0.05) is 12.1 Å². The third-order valence-corrected chi connectivity index (χ3v) is 2.51. The minimum atomic E-state index is -0.413. The molecule has 0 amide bonds. The van der Waals surface area contributed by atoms with E-state index in [9.17, 15) is 10.1 Å². The zero-order valence-electron chi connectivity index (χ0n) is 12.2. The zero-order valence-corrected chi connectivity index (χ0v) is 14.5. The first-order chi connectivity index (χ1) is 9.67. The second-order valence-corrected chi connectivity index (χ2v) is 4.04. The van der Waals surface area contributed by atoms with Gasteiger partial charge in [0.15, 0.2) is 5.96 Å². The maximum absolute atomic E-state index is 10.6. The molecule has 0 heterocycles. The van der Waals surface area contributed by atoms with Crippen molar-refractivity contribution in [3.63, 3.8) is 0 Å². The molecule has 0 aliphatic carbocycles. The minimum Gasteiger partial charge on any atom is -0.383 e. The summed E-state index contributed by atoms with van der Waals surface area (Å²) in [6.45, 7) is 4.48. The van der Waals surface area contributed by atoms with Gasteiger partial charge in [0.05, 0.1) is 18.1 Å². The van der Waals surface area contributed by atoms with Gasteiger partial charge in [0.25, 0.3) is 5.69 Å². The van der Waals surface area contributed by atoms with Crippen LogP contribution in [0.3, 0.4) is 0 Å². The molecular formula is C13H21IN4O3. The number of aliphatic imine (C=N–C) groups is 1. The average molecular weight is 408 g/mol. The van der Waals surface area contributed by atoms with Crippen LogP contribution in [0.15, 0.2) is 29.3 Å². The van der Waals surface area contributed by atoms with Crippen molar-refractivity contribution >= 4 is 35.6 Å². The van der Waals surface area contributed by atoms with E-state index in [1.807, 2.05) is 6.92 Å². The van der Waals surface area contributed by atoms with E-state index in [4.69, 9.17) is 4.74 Å². The first-order valence-corrected chi connectivity index (χ1v) is 6.41. The summed E-state index contributed by atoms with van der Waals surface area (Å²) in [4.78, 5) is 14.5. The van der Waals surface area contributed by atoms with Crippen LogP contribution in [-0.2, 0) is 11.3 Å². The minimum absolute atomic E-state index is 0. The van der Waals surface area contributed by atoms with Crippen LogP contribution in [0.4, 0.5) is 5.69 Å². The SMILES string of the molecule is CCNC(=NCc1ccc([N+](=O)[O-])cc1)NCCOC.I. The quantitative estimate of drug-likeness (QED) is 0.180. The number of nitro groups is 1. The molecule has 0 bridgehead atoms. The second kappa shape index (κ2) is 11.3. The predicted octanol–water partition coefficient (Wildman–Crippen LogP) is 1.91. The van der Waals surface area contributed by atoms with Crippen LogP contribution in [0, 0.1) is 10.1 Å².